The molecular formula is C29H34ClN3O4S. The van der Waals surface area contributed by atoms with Crippen LogP contribution in [0.15, 0.2) is 78.9 Å². The lowest BCUT2D eigenvalue weighted by atomic mass is 10.0. The van der Waals surface area contributed by atoms with E-state index in [0.717, 1.165) is 22.9 Å². The Balaban J connectivity index is 1.84. The molecule has 0 fully saturated rings. The van der Waals surface area contributed by atoms with Gasteiger partial charge >= 0.3 is 0 Å². The number of carbonyl (C=O) groups is 2. The maximum absolute atomic E-state index is 13.6. The third-order valence-corrected chi connectivity index (χ3v) is 7.67. The number of aryl methyl sites for hydroxylation is 1. The maximum Gasteiger partial charge on any atom is 0.242 e. The molecule has 3 aromatic carbocycles. The molecule has 9 heteroatoms. The van der Waals surface area contributed by atoms with Crippen LogP contribution in [0.2, 0.25) is 5.02 Å². The number of benzene rings is 3. The molecule has 3 rings (SSSR count). The molecule has 0 aliphatic heterocycles. The first-order chi connectivity index (χ1) is 18.1. The third-order valence-electron chi connectivity index (χ3n) is 6.23. The Morgan fingerprint density at radius 1 is 0.947 bits per heavy atom. The Morgan fingerprint density at radius 3 is 2.24 bits per heavy atom. The van der Waals surface area contributed by atoms with Crippen molar-refractivity contribution in [1.82, 2.24) is 10.2 Å². The molecule has 0 bridgehead atoms. The Bertz CT molecular complexity index is 1330. The Labute approximate surface area is 230 Å². The van der Waals surface area contributed by atoms with Crippen molar-refractivity contribution in [2.75, 3.05) is 24.2 Å². The normalized spacial score (nSPS) is 12.0. The number of halogens is 1. The second-order valence-corrected chi connectivity index (χ2v) is 11.6. The first kappa shape index (κ1) is 29.2. The highest BCUT2D eigenvalue weighted by atomic mass is 35.5. The van der Waals surface area contributed by atoms with E-state index in [1.807, 2.05) is 55.5 Å². The summed E-state index contributed by atoms with van der Waals surface area (Å²) in [7, 11) is -2.00. The lowest BCUT2D eigenvalue weighted by Crippen LogP contribution is -2.49. The predicted octanol–water partition coefficient (Wildman–Crippen LogP) is 4.58. The summed E-state index contributed by atoms with van der Waals surface area (Å²) in [6, 6.07) is 23.2. The summed E-state index contributed by atoms with van der Waals surface area (Å²) >= 11 is 6.05. The van der Waals surface area contributed by atoms with E-state index < -0.39 is 16.1 Å². The molecule has 1 N–H and O–H groups in total. The number of hydrogen-bond acceptors (Lipinski definition) is 4. The van der Waals surface area contributed by atoms with Gasteiger partial charge in [0.25, 0.3) is 0 Å². The highest BCUT2D eigenvalue weighted by molar-refractivity contribution is 7.92. The molecule has 0 saturated carbocycles. The number of sulfonamides is 1. The highest BCUT2D eigenvalue weighted by Crippen LogP contribution is 2.21. The molecule has 0 spiro atoms. The zero-order valence-electron chi connectivity index (χ0n) is 21.9. The number of anilines is 1. The zero-order valence-corrected chi connectivity index (χ0v) is 23.5. The van der Waals surface area contributed by atoms with Crippen molar-refractivity contribution in [3.63, 3.8) is 0 Å². The van der Waals surface area contributed by atoms with E-state index in [-0.39, 0.29) is 31.3 Å². The molecule has 0 aromatic heterocycles. The summed E-state index contributed by atoms with van der Waals surface area (Å²) in [5.41, 5.74) is 3.26. The van der Waals surface area contributed by atoms with Crippen molar-refractivity contribution < 1.29 is 18.0 Å². The van der Waals surface area contributed by atoms with Crippen LogP contribution in [0, 0.1) is 6.92 Å². The Kier molecular flexibility index (Phi) is 10.3. The third kappa shape index (κ3) is 8.33. The van der Waals surface area contributed by atoms with Crippen LogP contribution in [0.1, 0.15) is 29.5 Å². The number of carbonyl (C=O) groups excluding carboxylic acids is 2. The molecule has 1 atom stereocenters. The zero-order chi connectivity index (χ0) is 27.7. The van der Waals surface area contributed by atoms with E-state index in [2.05, 4.69) is 5.32 Å². The summed E-state index contributed by atoms with van der Waals surface area (Å²) < 4.78 is 26.4. The fraction of sp³-hybridized carbons (Fsp3) is 0.310. The largest absolute Gasteiger partial charge is 0.357 e. The van der Waals surface area contributed by atoms with Crippen LogP contribution in [0.5, 0.6) is 0 Å². The van der Waals surface area contributed by atoms with E-state index in [1.165, 1.54) is 4.31 Å². The van der Waals surface area contributed by atoms with Crippen molar-refractivity contribution in [1.29, 1.82) is 0 Å². The van der Waals surface area contributed by atoms with E-state index in [0.29, 0.717) is 23.6 Å². The molecule has 2 amide bonds. The number of likely N-dealkylation sites (N-methyl/N-ethyl adjacent to an activating group) is 1. The average Bonchev–Trinajstić information content (AvgIpc) is 2.89. The molecule has 0 aliphatic rings. The fourth-order valence-corrected chi connectivity index (χ4v) is 5.38. The number of nitrogens with zero attached hydrogens (tertiary/aromatic N) is 2. The van der Waals surface area contributed by atoms with Gasteiger partial charge in [-0.05, 0) is 54.3 Å². The smallest absolute Gasteiger partial charge is 0.242 e. The maximum atomic E-state index is 13.6. The minimum Gasteiger partial charge on any atom is -0.357 e. The van der Waals surface area contributed by atoms with Crippen molar-refractivity contribution in [3.05, 3.63) is 101 Å². The Morgan fingerprint density at radius 2 is 1.63 bits per heavy atom. The number of amides is 2. The standard InChI is InChI=1S/C29H34ClN3O4S/c1-22-9-7-12-26(19-22)33(38(3,36)37)18-8-13-28(34)32(21-24-14-16-25(30)17-15-24)27(29(35)31-2)20-23-10-5-4-6-11-23/h4-7,9-12,14-17,19,27H,8,13,18,20-21H2,1-3H3,(H,31,35). The van der Waals surface area contributed by atoms with E-state index in [4.69, 9.17) is 11.6 Å². The molecule has 0 heterocycles. The van der Waals surface area contributed by atoms with Gasteiger partial charge in [-0.25, -0.2) is 8.42 Å². The lowest BCUT2D eigenvalue weighted by Gasteiger charge is -2.31. The van der Waals surface area contributed by atoms with Gasteiger partial charge in [-0.3, -0.25) is 13.9 Å². The van der Waals surface area contributed by atoms with Gasteiger partial charge in [0.1, 0.15) is 6.04 Å². The van der Waals surface area contributed by atoms with Gasteiger partial charge in [0.2, 0.25) is 21.8 Å². The molecule has 7 nitrogen and oxygen atoms in total. The predicted molar refractivity (Wildman–Crippen MR) is 153 cm³/mol. The number of nitrogens with one attached hydrogen (secondary N) is 1. The molecule has 3 aromatic rings. The summed E-state index contributed by atoms with van der Waals surface area (Å²) in [5.74, 6) is -0.504. The van der Waals surface area contributed by atoms with Gasteiger partial charge in [-0.2, -0.15) is 0 Å². The van der Waals surface area contributed by atoms with Crippen LogP contribution in [-0.4, -0.2) is 51.0 Å². The van der Waals surface area contributed by atoms with Crippen LogP contribution < -0.4 is 9.62 Å². The molecule has 1 unspecified atom stereocenters. The lowest BCUT2D eigenvalue weighted by molar-refractivity contribution is -0.141. The van der Waals surface area contributed by atoms with Gasteiger partial charge in [0, 0.05) is 38.0 Å². The topological polar surface area (TPSA) is 86.8 Å². The van der Waals surface area contributed by atoms with E-state index >= 15 is 0 Å². The van der Waals surface area contributed by atoms with Gasteiger partial charge in [0.05, 0.1) is 11.9 Å². The average molecular weight is 556 g/mol. The first-order valence-electron chi connectivity index (χ1n) is 12.4. The molecule has 38 heavy (non-hydrogen) atoms. The van der Waals surface area contributed by atoms with Gasteiger partial charge in [-0.1, -0.05) is 66.2 Å². The van der Waals surface area contributed by atoms with Crippen LogP contribution in [0.3, 0.4) is 0 Å². The van der Waals surface area contributed by atoms with Crippen LogP contribution in [0.4, 0.5) is 5.69 Å². The van der Waals surface area contributed by atoms with Gasteiger partial charge < -0.3 is 10.2 Å². The second-order valence-electron chi connectivity index (χ2n) is 9.25. The van der Waals surface area contributed by atoms with Crippen LogP contribution in [-0.2, 0) is 32.6 Å². The summed E-state index contributed by atoms with van der Waals surface area (Å²) in [6.45, 7) is 2.26. The molecule has 0 aliphatic carbocycles. The molecular weight excluding hydrogens is 522 g/mol. The summed E-state index contributed by atoms with van der Waals surface area (Å²) in [4.78, 5) is 28.2. The second kappa shape index (κ2) is 13.4. The quantitative estimate of drug-likeness (QED) is 0.354. The van der Waals surface area contributed by atoms with Gasteiger partial charge in [0.15, 0.2) is 0 Å². The monoisotopic (exact) mass is 555 g/mol. The van der Waals surface area contributed by atoms with Crippen LogP contribution >= 0.6 is 11.6 Å². The SMILES string of the molecule is CNC(=O)C(Cc1ccccc1)N(Cc1ccc(Cl)cc1)C(=O)CCCN(c1cccc(C)c1)S(C)(=O)=O. The van der Waals surface area contributed by atoms with E-state index in [1.54, 1.807) is 42.3 Å². The summed E-state index contributed by atoms with van der Waals surface area (Å²) in [6.07, 6.45) is 1.88. The summed E-state index contributed by atoms with van der Waals surface area (Å²) in [5, 5.41) is 3.27. The van der Waals surface area contributed by atoms with E-state index in [9.17, 15) is 18.0 Å². The van der Waals surface area contributed by atoms with Crippen molar-refractivity contribution in [2.45, 2.75) is 38.8 Å². The fourth-order valence-electron chi connectivity index (χ4n) is 4.29. The van der Waals surface area contributed by atoms with Crippen LogP contribution in [0.25, 0.3) is 0 Å². The molecule has 0 radical (unpaired) electrons. The molecule has 0 saturated heterocycles. The minimum atomic E-state index is -3.55. The minimum absolute atomic E-state index is 0.0771. The van der Waals surface area contributed by atoms with Crippen molar-refractivity contribution >= 4 is 39.1 Å². The first-order valence-corrected chi connectivity index (χ1v) is 14.6. The van der Waals surface area contributed by atoms with Crippen molar-refractivity contribution in [2.24, 2.45) is 0 Å². The highest BCUT2D eigenvalue weighted by Gasteiger charge is 2.30. The number of hydrogen-bond donors (Lipinski definition) is 1. The Hall–Kier alpha value is -3.36. The number of rotatable bonds is 12. The molecule has 202 valence electrons. The van der Waals surface area contributed by atoms with Gasteiger partial charge in [-0.15, -0.1) is 0 Å². The van der Waals surface area contributed by atoms with Crippen molar-refractivity contribution in [3.8, 4) is 0 Å².